The molecule has 0 atom stereocenters. The number of rotatable bonds is 9. The van der Waals surface area contributed by atoms with Gasteiger partial charge in [0.2, 0.25) is 0 Å². The van der Waals surface area contributed by atoms with Crippen molar-refractivity contribution in [2.75, 3.05) is 18.5 Å². The number of aromatic nitrogens is 2. The summed E-state index contributed by atoms with van der Waals surface area (Å²) in [6.07, 6.45) is -1.82. The molecule has 0 radical (unpaired) electrons. The van der Waals surface area contributed by atoms with Crippen LogP contribution < -0.4 is 19.3 Å². The van der Waals surface area contributed by atoms with Crippen molar-refractivity contribution in [1.82, 2.24) is 9.55 Å². The number of hydrogen-bond acceptors (Lipinski definition) is 7. The van der Waals surface area contributed by atoms with E-state index in [0.29, 0.717) is 27.8 Å². The van der Waals surface area contributed by atoms with Gasteiger partial charge in [-0.3, -0.25) is 9.36 Å². The number of oxazole rings is 1. The lowest BCUT2D eigenvalue weighted by molar-refractivity contribution is -0.197. The molecule has 3 aromatic carbocycles. The third-order valence-electron chi connectivity index (χ3n) is 8.15. The second-order valence-corrected chi connectivity index (χ2v) is 13.1. The highest BCUT2D eigenvalue weighted by atomic mass is 35.5. The Kier molecular flexibility index (Phi) is 8.23. The summed E-state index contributed by atoms with van der Waals surface area (Å²) in [5.41, 5.74) is 1.32. The Morgan fingerprint density at radius 2 is 1.76 bits per heavy atom. The summed E-state index contributed by atoms with van der Waals surface area (Å²) in [6.45, 7) is -0.0862. The van der Waals surface area contributed by atoms with Crippen LogP contribution in [-0.2, 0) is 16.6 Å². The maximum absolute atomic E-state index is 14.0. The lowest BCUT2D eigenvalue weighted by atomic mass is 9.71. The highest BCUT2D eigenvalue weighted by Crippen LogP contribution is 2.51. The summed E-state index contributed by atoms with van der Waals surface area (Å²) in [7, 11) is -1.31. The van der Waals surface area contributed by atoms with Crippen LogP contribution in [0.15, 0.2) is 93.3 Å². The summed E-state index contributed by atoms with van der Waals surface area (Å²) in [6, 6.07) is 16.9. The maximum Gasteiger partial charge on any atom is 0.391 e. The molecule has 0 aliphatic heterocycles. The van der Waals surface area contributed by atoms with Crippen molar-refractivity contribution in [1.29, 1.82) is 0 Å². The number of anilines is 1. The van der Waals surface area contributed by atoms with E-state index in [4.69, 9.17) is 25.5 Å². The Morgan fingerprint density at radius 1 is 1.02 bits per heavy atom. The Labute approximate surface area is 266 Å². The van der Waals surface area contributed by atoms with Crippen LogP contribution in [0.5, 0.6) is 11.5 Å². The SMILES string of the molecule is COc1ccc(CN(c2ncco2)S(=O)(=O)c2ccc3c(ccc(=O)n3-c3cc(Cl)c(C4CC(C(F)(F)F)C4)cc3OC)c2)cc1. The lowest BCUT2D eigenvalue weighted by Gasteiger charge is -2.37. The van der Waals surface area contributed by atoms with Gasteiger partial charge in [-0.15, -0.1) is 0 Å². The van der Waals surface area contributed by atoms with E-state index in [1.54, 1.807) is 30.3 Å². The van der Waals surface area contributed by atoms with Gasteiger partial charge in [-0.05, 0) is 78.4 Å². The molecular weight excluding hydrogens is 647 g/mol. The van der Waals surface area contributed by atoms with Gasteiger partial charge in [-0.25, -0.2) is 17.7 Å². The molecule has 14 heteroatoms. The number of pyridine rings is 1. The molecule has 0 amide bonds. The predicted molar refractivity (Wildman–Crippen MR) is 165 cm³/mol. The van der Waals surface area contributed by atoms with Crippen molar-refractivity contribution in [3.63, 3.8) is 0 Å². The van der Waals surface area contributed by atoms with Gasteiger partial charge in [0, 0.05) is 16.5 Å². The highest BCUT2D eigenvalue weighted by molar-refractivity contribution is 7.92. The minimum Gasteiger partial charge on any atom is -0.497 e. The molecule has 0 spiro atoms. The Hall–Kier alpha value is -4.49. The van der Waals surface area contributed by atoms with Crippen LogP contribution in [0, 0.1) is 5.92 Å². The number of sulfonamides is 1. The average Bonchev–Trinajstić information content (AvgIpc) is 3.53. The Bertz CT molecular complexity index is 2060. The van der Waals surface area contributed by atoms with Crippen LogP contribution in [0.2, 0.25) is 5.02 Å². The first-order valence-electron chi connectivity index (χ1n) is 14.1. The molecule has 2 heterocycles. The summed E-state index contributed by atoms with van der Waals surface area (Å²) in [5.74, 6) is -0.944. The molecule has 1 saturated carbocycles. The van der Waals surface area contributed by atoms with Crippen LogP contribution in [0.1, 0.15) is 29.9 Å². The minimum atomic E-state index is -4.27. The van der Waals surface area contributed by atoms with E-state index in [0.717, 1.165) is 4.31 Å². The fourth-order valence-corrected chi connectivity index (χ4v) is 7.30. The largest absolute Gasteiger partial charge is 0.497 e. The highest BCUT2D eigenvalue weighted by Gasteiger charge is 2.48. The molecule has 9 nitrogen and oxygen atoms in total. The van der Waals surface area contributed by atoms with Crippen LogP contribution >= 0.6 is 11.6 Å². The smallest absolute Gasteiger partial charge is 0.391 e. The van der Waals surface area contributed by atoms with E-state index in [1.807, 2.05) is 0 Å². The van der Waals surface area contributed by atoms with Crippen LogP contribution in [0.3, 0.4) is 0 Å². The molecule has 46 heavy (non-hydrogen) atoms. The quantitative estimate of drug-likeness (QED) is 0.164. The number of halogens is 4. The zero-order valence-electron chi connectivity index (χ0n) is 24.5. The van der Waals surface area contributed by atoms with Crippen molar-refractivity contribution in [3.8, 4) is 17.2 Å². The zero-order chi connectivity index (χ0) is 32.8. The molecule has 0 unspecified atom stereocenters. The molecule has 1 fully saturated rings. The topological polar surface area (TPSA) is 104 Å². The van der Waals surface area contributed by atoms with Crippen molar-refractivity contribution >= 4 is 38.5 Å². The number of methoxy groups -OCH3 is 2. The maximum atomic E-state index is 14.0. The number of fused-ring (bicyclic) bond motifs is 1. The first-order chi connectivity index (χ1) is 21.9. The first-order valence-corrected chi connectivity index (χ1v) is 15.9. The Balaban J connectivity index is 1.38. The number of alkyl halides is 3. The van der Waals surface area contributed by atoms with E-state index in [1.165, 1.54) is 67.6 Å². The fraction of sp³-hybridized carbons (Fsp3) is 0.250. The number of hydrogen-bond donors (Lipinski definition) is 0. The summed E-state index contributed by atoms with van der Waals surface area (Å²) in [4.78, 5) is 17.2. The van der Waals surface area contributed by atoms with Crippen molar-refractivity contribution in [2.24, 2.45) is 5.92 Å². The molecule has 1 aliphatic carbocycles. The molecule has 6 rings (SSSR count). The summed E-state index contributed by atoms with van der Waals surface area (Å²) < 4.78 is 85.9. The Morgan fingerprint density at radius 3 is 2.39 bits per heavy atom. The molecule has 1 aliphatic rings. The normalized spacial score (nSPS) is 16.7. The van der Waals surface area contributed by atoms with Crippen molar-refractivity contribution in [3.05, 3.63) is 106 Å². The first kappa shape index (κ1) is 31.5. The summed E-state index contributed by atoms with van der Waals surface area (Å²) in [5, 5.41) is 0.608. The zero-order valence-corrected chi connectivity index (χ0v) is 26.1. The number of benzene rings is 3. The predicted octanol–water partition coefficient (Wildman–Crippen LogP) is 7.10. The monoisotopic (exact) mass is 673 g/mol. The number of ether oxygens (including phenoxy) is 2. The third kappa shape index (κ3) is 5.80. The van der Waals surface area contributed by atoms with Crippen LogP contribution in [-0.4, -0.2) is 38.4 Å². The van der Waals surface area contributed by atoms with Gasteiger partial charge >= 0.3 is 12.2 Å². The standard InChI is InChI=1S/C32H27ClF3N3O6S/c1-43-23-6-3-19(4-7-23)18-38(31-37-11-12-45-31)46(41,42)24-8-9-27-20(15-24)5-10-30(40)39(27)28-17-26(33)25(16-29(28)44-2)21-13-22(14-21)32(34,35)36/h3-12,15-17,21-22H,13-14,18H2,1-2H3. The van der Waals surface area contributed by atoms with Gasteiger partial charge in [0.05, 0.1) is 49.0 Å². The lowest BCUT2D eigenvalue weighted by Crippen LogP contribution is -2.34. The fourth-order valence-electron chi connectivity index (χ4n) is 5.60. The average molecular weight is 674 g/mol. The van der Waals surface area contributed by atoms with Gasteiger partial charge in [-0.1, -0.05) is 23.7 Å². The van der Waals surface area contributed by atoms with Gasteiger partial charge < -0.3 is 13.9 Å². The van der Waals surface area contributed by atoms with E-state index < -0.39 is 33.6 Å². The van der Waals surface area contributed by atoms with E-state index in [9.17, 15) is 26.4 Å². The second kappa shape index (κ2) is 12.0. The van der Waals surface area contributed by atoms with E-state index in [-0.39, 0.29) is 46.8 Å². The van der Waals surface area contributed by atoms with Gasteiger partial charge in [0.1, 0.15) is 17.8 Å². The molecule has 0 bridgehead atoms. The van der Waals surface area contributed by atoms with E-state index in [2.05, 4.69) is 4.98 Å². The summed E-state index contributed by atoms with van der Waals surface area (Å²) >= 11 is 6.57. The van der Waals surface area contributed by atoms with Crippen molar-refractivity contribution < 1.29 is 35.5 Å². The van der Waals surface area contributed by atoms with Crippen LogP contribution in [0.4, 0.5) is 19.2 Å². The molecule has 2 aromatic heterocycles. The molecule has 0 N–H and O–H groups in total. The van der Waals surface area contributed by atoms with Crippen molar-refractivity contribution in [2.45, 2.75) is 36.4 Å². The second-order valence-electron chi connectivity index (χ2n) is 10.9. The van der Waals surface area contributed by atoms with Crippen LogP contribution in [0.25, 0.3) is 16.6 Å². The van der Waals surface area contributed by atoms with E-state index >= 15 is 0 Å². The third-order valence-corrected chi connectivity index (χ3v) is 10.2. The molecular formula is C32H27ClF3N3O6S. The minimum absolute atomic E-state index is 0.0820. The van der Waals surface area contributed by atoms with Gasteiger partial charge in [-0.2, -0.15) is 13.2 Å². The van der Waals surface area contributed by atoms with Gasteiger partial charge in [0.15, 0.2) is 0 Å². The number of nitrogens with zero attached hydrogens (tertiary/aromatic N) is 3. The molecule has 0 saturated heterocycles. The van der Waals surface area contributed by atoms with Gasteiger partial charge in [0.25, 0.3) is 15.6 Å². The molecule has 240 valence electrons. The molecule has 5 aromatic rings.